The van der Waals surface area contributed by atoms with Crippen molar-refractivity contribution in [2.24, 2.45) is 18.7 Å². The number of aryl methyl sites for hydroxylation is 1. The third kappa shape index (κ3) is 4.63. The van der Waals surface area contributed by atoms with Gasteiger partial charge >= 0.3 is 0 Å². The molecule has 3 rings (SSSR count). The minimum Gasteiger partial charge on any atom is -0.346 e. The Kier molecular flexibility index (Phi) is 6.29. The van der Waals surface area contributed by atoms with Gasteiger partial charge in [0.2, 0.25) is 11.8 Å². The number of fused-ring (bicyclic) bond motifs is 1. The molecule has 152 valence electrons. The predicted octanol–water partition coefficient (Wildman–Crippen LogP) is 1.88. The van der Waals surface area contributed by atoms with Crippen LogP contribution in [0.15, 0.2) is 54.6 Å². The first-order valence-corrected chi connectivity index (χ1v) is 9.67. The number of nitrogens with one attached hydrogen (secondary N) is 2. The second-order valence-corrected chi connectivity index (χ2v) is 7.42. The van der Waals surface area contributed by atoms with Crippen molar-refractivity contribution in [3.8, 4) is 0 Å². The number of benzene rings is 2. The monoisotopic (exact) mass is 393 g/mol. The molecule has 0 saturated heterocycles. The SMILES string of the molecule is CC(C)[C@H](N)C(=O)NCC(=O)NC(c1ccccc1)c1nc2ccccc2n1C. The number of carbonyl (C=O) groups is 2. The summed E-state index contributed by atoms with van der Waals surface area (Å²) in [5, 5.41) is 5.61. The van der Waals surface area contributed by atoms with Gasteiger partial charge < -0.3 is 20.9 Å². The van der Waals surface area contributed by atoms with E-state index in [4.69, 9.17) is 10.7 Å². The van der Waals surface area contributed by atoms with E-state index in [0.717, 1.165) is 22.4 Å². The van der Waals surface area contributed by atoms with Gasteiger partial charge in [-0.1, -0.05) is 56.3 Å². The van der Waals surface area contributed by atoms with E-state index in [1.165, 1.54) is 0 Å². The number of amides is 2. The van der Waals surface area contributed by atoms with E-state index in [-0.39, 0.29) is 24.3 Å². The van der Waals surface area contributed by atoms with Crippen molar-refractivity contribution in [2.75, 3.05) is 6.54 Å². The zero-order chi connectivity index (χ0) is 21.0. The first-order valence-electron chi connectivity index (χ1n) is 9.67. The standard InChI is InChI=1S/C22H27N5O2/c1-14(2)19(23)22(29)24-13-18(28)26-20(15-9-5-4-6-10-15)21-25-16-11-7-8-12-17(16)27(21)3/h4-12,14,19-20H,13,23H2,1-3H3,(H,24,29)(H,26,28)/t19-,20?/m0/s1. The number of imidazole rings is 1. The van der Waals surface area contributed by atoms with Gasteiger partial charge in [-0.3, -0.25) is 9.59 Å². The Morgan fingerprint density at radius 1 is 1.07 bits per heavy atom. The summed E-state index contributed by atoms with van der Waals surface area (Å²) in [5.74, 6) is 0.0652. The molecule has 0 fully saturated rings. The Balaban J connectivity index is 1.83. The molecule has 0 bridgehead atoms. The Morgan fingerprint density at radius 2 is 1.72 bits per heavy atom. The quantitative estimate of drug-likeness (QED) is 0.570. The highest BCUT2D eigenvalue weighted by Crippen LogP contribution is 2.24. The van der Waals surface area contributed by atoms with E-state index in [1.54, 1.807) is 0 Å². The van der Waals surface area contributed by atoms with Crippen LogP contribution in [0.5, 0.6) is 0 Å². The normalized spacial score (nSPS) is 13.3. The number of hydrogen-bond acceptors (Lipinski definition) is 4. The number of rotatable bonds is 7. The van der Waals surface area contributed by atoms with E-state index >= 15 is 0 Å². The van der Waals surface area contributed by atoms with Gasteiger partial charge in [0.05, 0.1) is 23.6 Å². The first-order chi connectivity index (χ1) is 13.9. The molecular formula is C22H27N5O2. The summed E-state index contributed by atoms with van der Waals surface area (Å²) in [7, 11) is 1.93. The summed E-state index contributed by atoms with van der Waals surface area (Å²) in [5.41, 5.74) is 8.58. The molecule has 0 radical (unpaired) electrons. The number of nitrogens with two attached hydrogens (primary N) is 1. The van der Waals surface area contributed by atoms with Crippen LogP contribution in [0, 0.1) is 5.92 Å². The van der Waals surface area contributed by atoms with Crippen LogP contribution in [0.1, 0.15) is 31.3 Å². The lowest BCUT2D eigenvalue weighted by Crippen LogP contribution is -2.47. The number of para-hydroxylation sites is 2. The molecule has 0 aliphatic rings. The van der Waals surface area contributed by atoms with Crippen LogP contribution in [0.3, 0.4) is 0 Å². The number of aromatic nitrogens is 2. The van der Waals surface area contributed by atoms with Gasteiger partial charge in [-0.2, -0.15) is 0 Å². The fraction of sp³-hybridized carbons (Fsp3) is 0.318. The van der Waals surface area contributed by atoms with Crippen LogP contribution in [0.4, 0.5) is 0 Å². The van der Waals surface area contributed by atoms with Crippen LogP contribution in [0.2, 0.25) is 0 Å². The molecule has 2 atom stereocenters. The van der Waals surface area contributed by atoms with Gasteiger partial charge in [0.15, 0.2) is 0 Å². The molecule has 2 aromatic carbocycles. The summed E-state index contributed by atoms with van der Waals surface area (Å²) in [6.45, 7) is 3.58. The Morgan fingerprint density at radius 3 is 2.38 bits per heavy atom. The van der Waals surface area contributed by atoms with Gasteiger partial charge in [0.1, 0.15) is 11.9 Å². The minimum atomic E-state index is -0.646. The zero-order valence-corrected chi connectivity index (χ0v) is 16.9. The molecule has 29 heavy (non-hydrogen) atoms. The van der Waals surface area contributed by atoms with Crippen molar-refractivity contribution in [3.05, 3.63) is 66.0 Å². The highest BCUT2D eigenvalue weighted by molar-refractivity contribution is 5.87. The van der Waals surface area contributed by atoms with E-state index in [2.05, 4.69) is 10.6 Å². The molecule has 7 nitrogen and oxygen atoms in total. The van der Waals surface area contributed by atoms with Gasteiger partial charge in [0.25, 0.3) is 0 Å². The average molecular weight is 393 g/mol. The van der Waals surface area contributed by atoms with Crippen LogP contribution in [-0.2, 0) is 16.6 Å². The molecule has 1 unspecified atom stereocenters. The molecule has 1 heterocycles. The number of nitrogens with zero attached hydrogens (tertiary/aromatic N) is 2. The van der Waals surface area contributed by atoms with E-state index in [0.29, 0.717) is 0 Å². The highest BCUT2D eigenvalue weighted by atomic mass is 16.2. The van der Waals surface area contributed by atoms with Crippen LogP contribution in [-0.4, -0.2) is 34.0 Å². The van der Waals surface area contributed by atoms with E-state index in [1.807, 2.05) is 80.1 Å². The lowest BCUT2D eigenvalue weighted by Gasteiger charge is -2.20. The molecule has 0 aliphatic heterocycles. The molecule has 4 N–H and O–H groups in total. The lowest BCUT2D eigenvalue weighted by atomic mass is 10.0. The van der Waals surface area contributed by atoms with Crippen molar-refractivity contribution in [2.45, 2.75) is 25.9 Å². The van der Waals surface area contributed by atoms with Gasteiger partial charge in [-0.25, -0.2) is 4.98 Å². The number of carbonyl (C=O) groups excluding carboxylic acids is 2. The van der Waals surface area contributed by atoms with Gasteiger partial charge in [0, 0.05) is 7.05 Å². The van der Waals surface area contributed by atoms with Gasteiger partial charge in [-0.05, 0) is 23.6 Å². The van der Waals surface area contributed by atoms with Crippen molar-refractivity contribution < 1.29 is 9.59 Å². The Bertz CT molecular complexity index is 997. The Labute approximate surface area is 170 Å². The average Bonchev–Trinajstić information content (AvgIpc) is 3.06. The fourth-order valence-electron chi connectivity index (χ4n) is 3.16. The van der Waals surface area contributed by atoms with Gasteiger partial charge in [-0.15, -0.1) is 0 Å². The van der Waals surface area contributed by atoms with Crippen molar-refractivity contribution in [1.29, 1.82) is 0 Å². The second kappa shape index (κ2) is 8.87. The van der Waals surface area contributed by atoms with Crippen molar-refractivity contribution in [1.82, 2.24) is 20.2 Å². The van der Waals surface area contributed by atoms with Crippen LogP contribution < -0.4 is 16.4 Å². The van der Waals surface area contributed by atoms with E-state index in [9.17, 15) is 9.59 Å². The molecule has 0 aliphatic carbocycles. The maximum absolute atomic E-state index is 12.6. The third-order valence-corrected chi connectivity index (χ3v) is 4.96. The van der Waals surface area contributed by atoms with Crippen LogP contribution in [0.25, 0.3) is 11.0 Å². The summed E-state index contributed by atoms with van der Waals surface area (Å²) in [4.78, 5) is 29.4. The molecule has 3 aromatic rings. The molecule has 1 aromatic heterocycles. The molecule has 0 saturated carbocycles. The van der Waals surface area contributed by atoms with Crippen molar-refractivity contribution >= 4 is 22.8 Å². The fourth-order valence-corrected chi connectivity index (χ4v) is 3.16. The summed E-state index contributed by atoms with van der Waals surface area (Å²) in [6, 6.07) is 16.4. The first kappa shape index (κ1) is 20.5. The second-order valence-electron chi connectivity index (χ2n) is 7.42. The smallest absolute Gasteiger partial charge is 0.240 e. The molecule has 0 spiro atoms. The molecular weight excluding hydrogens is 366 g/mol. The maximum Gasteiger partial charge on any atom is 0.240 e. The van der Waals surface area contributed by atoms with Crippen molar-refractivity contribution in [3.63, 3.8) is 0 Å². The minimum absolute atomic E-state index is 0.00451. The summed E-state index contributed by atoms with van der Waals surface area (Å²) >= 11 is 0. The zero-order valence-electron chi connectivity index (χ0n) is 16.9. The third-order valence-electron chi connectivity index (χ3n) is 4.96. The highest BCUT2D eigenvalue weighted by Gasteiger charge is 2.23. The summed E-state index contributed by atoms with van der Waals surface area (Å²) < 4.78 is 1.97. The van der Waals surface area contributed by atoms with Crippen LogP contribution >= 0.6 is 0 Å². The number of hydrogen-bond donors (Lipinski definition) is 3. The topological polar surface area (TPSA) is 102 Å². The van der Waals surface area contributed by atoms with E-state index < -0.39 is 12.1 Å². The maximum atomic E-state index is 12.6. The largest absolute Gasteiger partial charge is 0.346 e. The molecule has 2 amide bonds. The predicted molar refractivity (Wildman–Crippen MR) is 113 cm³/mol. The lowest BCUT2D eigenvalue weighted by molar-refractivity contribution is -0.127. The molecule has 7 heteroatoms. The summed E-state index contributed by atoms with van der Waals surface area (Å²) in [6.07, 6.45) is 0. The Hall–Kier alpha value is -3.19.